The Bertz CT molecular complexity index is 1610. The van der Waals surface area contributed by atoms with Crippen molar-refractivity contribution in [3.05, 3.63) is 108 Å². The molecular weight excluding hydrogens is 509 g/mol. The van der Waals surface area contributed by atoms with Crippen LogP contribution in [0.2, 0.25) is 0 Å². The highest BCUT2D eigenvalue weighted by Gasteiger charge is 2.22. The second-order valence-electron chi connectivity index (χ2n) is 8.73. The molecular formula is C31H24N4OS2. The first-order valence-corrected chi connectivity index (χ1v) is 13.8. The van der Waals surface area contributed by atoms with Gasteiger partial charge in [-0.1, -0.05) is 102 Å². The van der Waals surface area contributed by atoms with Gasteiger partial charge in [0.15, 0.2) is 5.13 Å². The zero-order chi connectivity index (χ0) is 26.5. The molecule has 0 saturated carbocycles. The van der Waals surface area contributed by atoms with Crippen LogP contribution in [0.5, 0.6) is 0 Å². The molecule has 2 heterocycles. The number of thioether (sulfide) groups is 1. The molecule has 7 heteroatoms. The van der Waals surface area contributed by atoms with Gasteiger partial charge in [0.2, 0.25) is 5.91 Å². The molecule has 186 valence electrons. The van der Waals surface area contributed by atoms with E-state index in [9.17, 15) is 10.1 Å². The largest absolute Gasteiger partial charge is 0.301 e. The van der Waals surface area contributed by atoms with Crippen molar-refractivity contribution in [1.82, 2.24) is 9.97 Å². The summed E-state index contributed by atoms with van der Waals surface area (Å²) in [7, 11) is 0. The number of rotatable bonds is 7. The number of nitrogens with zero attached hydrogens (tertiary/aromatic N) is 3. The van der Waals surface area contributed by atoms with E-state index in [4.69, 9.17) is 4.98 Å². The number of carbonyl (C=O) groups is 1. The average Bonchev–Trinajstić information content (AvgIpc) is 3.42. The molecule has 0 fully saturated rings. The maximum absolute atomic E-state index is 13.1. The van der Waals surface area contributed by atoms with Gasteiger partial charge in [-0.05, 0) is 25.5 Å². The predicted molar refractivity (Wildman–Crippen MR) is 156 cm³/mol. The molecule has 0 radical (unpaired) electrons. The van der Waals surface area contributed by atoms with Gasteiger partial charge in [0.25, 0.3) is 0 Å². The molecule has 5 aromatic rings. The number of pyridine rings is 1. The number of aryl methyl sites for hydroxylation is 1. The van der Waals surface area contributed by atoms with Gasteiger partial charge in [-0.15, -0.1) is 11.3 Å². The van der Waals surface area contributed by atoms with Crippen LogP contribution >= 0.6 is 23.1 Å². The SMILES string of the molecule is Cc1ccc(-c2csc(NC(=O)C(C)Sc3nc(-c4ccccc4)cc(-c4ccccc4)c3C#N)n2)cc1. The lowest BCUT2D eigenvalue weighted by Crippen LogP contribution is -2.22. The molecule has 0 aliphatic rings. The topological polar surface area (TPSA) is 78.7 Å². The number of nitriles is 1. The van der Waals surface area contributed by atoms with Gasteiger partial charge in [-0.25, -0.2) is 9.97 Å². The summed E-state index contributed by atoms with van der Waals surface area (Å²) >= 11 is 2.66. The second kappa shape index (κ2) is 11.4. The van der Waals surface area contributed by atoms with Crippen molar-refractivity contribution < 1.29 is 4.79 Å². The predicted octanol–water partition coefficient (Wildman–Crippen LogP) is 7.84. The summed E-state index contributed by atoms with van der Waals surface area (Å²) in [4.78, 5) is 22.6. The summed E-state index contributed by atoms with van der Waals surface area (Å²) in [6.45, 7) is 3.86. The standard InChI is InChI=1S/C31H24N4OS2/c1-20-13-15-24(16-14-20)28-19-37-31(34-28)35-29(36)21(2)38-30-26(18-32)25(22-9-5-3-6-10-22)17-27(33-30)23-11-7-4-8-12-23/h3-17,19,21H,1-2H3,(H,34,35,36). The summed E-state index contributed by atoms with van der Waals surface area (Å²) in [6.07, 6.45) is 0. The molecule has 0 saturated heterocycles. The van der Waals surface area contributed by atoms with Gasteiger partial charge in [0.1, 0.15) is 11.1 Å². The minimum atomic E-state index is -0.504. The smallest absolute Gasteiger partial charge is 0.239 e. The average molecular weight is 533 g/mol. The Kier molecular flexibility index (Phi) is 7.64. The van der Waals surface area contributed by atoms with E-state index in [1.165, 1.54) is 28.7 Å². The Morgan fingerprint density at radius 2 is 1.53 bits per heavy atom. The maximum Gasteiger partial charge on any atom is 0.239 e. The second-order valence-corrected chi connectivity index (χ2v) is 10.9. The van der Waals surface area contributed by atoms with E-state index in [2.05, 4.69) is 16.4 Å². The minimum absolute atomic E-state index is 0.197. The Morgan fingerprint density at radius 1 is 0.895 bits per heavy atom. The van der Waals surface area contributed by atoms with Gasteiger partial charge < -0.3 is 5.32 Å². The molecule has 3 aromatic carbocycles. The highest BCUT2D eigenvalue weighted by atomic mass is 32.2. The Hall–Kier alpha value is -4.25. The zero-order valence-corrected chi connectivity index (χ0v) is 22.5. The van der Waals surface area contributed by atoms with Crippen molar-refractivity contribution in [2.24, 2.45) is 0 Å². The molecule has 1 N–H and O–H groups in total. The molecule has 38 heavy (non-hydrogen) atoms. The van der Waals surface area contributed by atoms with Gasteiger partial charge in [0, 0.05) is 22.1 Å². The molecule has 1 amide bonds. The third kappa shape index (κ3) is 5.67. The monoisotopic (exact) mass is 532 g/mol. The van der Waals surface area contributed by atoms with Crippen LogP contribution in [0.15, 0.2) is 101 Å². The van der Waals surface area contributed by atoms with E-state index in [-0.39, 0.29) is 5.91 Å². The molecule has 1 unspecified atom stereocenters. The highest BCUT2D eigenvalue weighted by molar-refractivity contribution is 8.00. The van der Waals surface area contributed by atoms with E-state index in [0.717, 1.165) is 33.6 Å². The van der Waals surface area contributed by atoms with Crippen LogP contribution in [-0.4, -0.2) is 21.1 Å². The fourth-order valence-electron chi connectivity index (χ4n) is 3.93. The number of aromatic nitrogens is 2. The van der Waals surface area contributed by atoms with Crippen LogP contribution in [0.3, 0.4) is 0 Å². The Labute approximate surface area is 230 Å². The lowest BCUT2D eigenvalue weighted by molar-refractivity contribution is -0.115. The third-order valence-corrected chi connectivity index (χ3v) is 7.84. The van der Waals surface area contributed by atoms with Crippen LogP contribution < -0.4 is 5.32 Å². The van der Waals surface area contributed by atoms with Crippen LogP contribution in [-0.2, 0) is 4.79 Å². The van der Waals surface area contributed by atoms with E-state index in [0.29, 0.717) is 15.7 Å². The maximum atomic E-state index is 13.1. The number of nitrogens with one attached hydrogen (secondary N) is 1. The van der Waals surface area contributed by atoms with Crippen molar-refractivity contribution >= 4 is 34.1 Å². The highest BCUT2D eigenvalue weighted by Crippen LogP contribution is 2.36. The number of carbonyl (C=O) groups excluding carboxylic acids is 1. The van der Waals surface area contributed by atoms with Gasteiger partial charge in [-0.2, -0.15) is 5.26 Å². The summed E-state index contributed by atoms with van der Waals surface area (Å²) in [5.41, 5.74) is 6.87. The molecule has 0 aliphatic heterocycles. The molecule has 5 rings (SSSR count). The van der Waals surface area contributed by atoms with Crippen LogP contribution in [0.1, 0.15) is 18.1 Å². The number of hydrogen-bond acceptors (Lipinski definition) is 6. The lowest BCUT2D eigenvalue weighted by atomic mass is 9.99. The van der Waals surface area contributed by atoms with Crippen molar-refractivity contribution in [2.75, 3.05) is 5.32 Å². The van der Waals surface area contributed by atoms with E-state index in [1.807, 2.05) is 110 Å². The Morgan fingerprint density at radius 3 is 2.18 bits per heavy atom. The van der Waals surface area contributed by atoms with Crippen molar-refractivity contribution in [1.29, 1.82) is 5.26 Å². The van der Waals surface area contributed by atoms with Crippen molar-refractivity contribution in [3.8, 4) is 39.7 Å². The van der Waals surface area contributed by atoms with Gasteiger partial charge >= 0.3 is 0 Å². The first kappa shape index (κ1) is 25.4. The first-order chi connectivity index (χ1) is 18.5. The van der Waals surface area contributed by atoms with Crippen molar-refractivity contribution in [2.45, 2.75) is 24.1 Å². The molecule has 2 aromatic heterocycles. The fourth-order valence-corrected chi connectivity index (χ4v) is 5.58. The first-order valence-electron chi connectivity index (χ1n) is 12.1. The summed E-state index contributed by atoms with van der Waals surface area (Å²) in [6, 6.07) is 32.0. The zero-order valence-electron chi connectivity index (χ0n) is 20.9. The molecule has 5 nitrogen and oxygen atoms in total. The van der Waals surface area contributed by atoms with E-state index < -0.39 is 5.25 Å². The van der Waals surface area contributed by atoms with Gasteiger partial charge in [-0.3, -0.25) is 4.79 Å². The minimum Gasteiger partial charge on any atom is -0.301 e. The molecule has 0 aliphatic carbocycles. The molecule has 0 bridgehead atoms. The van der Waals surface area contributed by atoms with Crippen LogP contribution in [0, 0.1) is 18.3 Å². The normalized spacial score (nSPS) is 11.5. The third-order valence-electron chi connectivity index (χ3n) is 5.99. The lowest BCUT2D eigenvalue weighted by Gasteiger charge is -2.15. The quantitative estimate of drug-likeness (QED) is 0.216. The summed E-state index contributed by atoms with van der Waals surface area (Å²) in [5.74, 6) is -0.197. The van der Waals surface area contributed by atoms with E-state index in [1.54, 1.807) is 0 Å². The number of thiazole rings is 1. The van der Waals surface area contributed by atoms with Crippen LogP contribution in [0.4, 0.5) is 5.13 Å². The fraction of sp³-hybridized carbons (Fsp3) is 0.0968. The summed E-state index contributed by atoms with van der Waals surface area (Å²) in [5, 5.41) is 15.5. The number of hydrogen-bond donors (Lipinski definition) is 1. The van der Waals surface area contributed by atoms with E-state index >= 15 is 0 Å². The molecule has 0 spiro atoms. The number of benzene rings is 3. The number of amides is 1. The molecule has 1 atom stereocenters. The van der Waals surface area contributed by atoms with Crippen LogP contribution in [0.25, 0.3) is 33.6 Å². The summed E-state index contributed by atoms with van der Waals surface area (Å²) < 4.78 is 0. The van der Waals surface area contributed by atoms with Gasteiger partial charge in [0.05, 0.1) is 22.2 Å². The number of anilines is 1. The Balaban J connectivity index is 1.42. The van der Waals surface area contributed by atoms with Crippen molar-refractivity contribution in [3.63, 3.8) is 0 Å².